The topological polar surface area (TPSA) is 57.5 Å². The van der Waals surface area contributed by atoms with Gasteiger partial charge in [0.25, 0.3) is 0 Å². The van der Waals surface area contributed by atoms with Gasteiger partial charge in [-0.3, -0.25) is 4.57 Å². The summed E-state index contributed by atoms with van der Waals surface area (Å²) < 4.78 is 10.5. The van der Waals surface area contributed by atoms with E-state index in [0.29, 0.717) is 6.16 Å². The molecule has 1 rings (SSSR count). The Labute approximate surface area is 54.6 Å². The van der Waals surface area contributed by atoms with E-state index in [2.05, 4.69) is 0 Å². The fourth-order valence-electron chi connectivity index (χ4n) is 0.695. The van der Waals surface area contributed by atoms with Gasteiger partial charge in [0.1, 0.15) is 0 Å². The Morgan fingerprint density at radius 1 is 1.56 bits per heavy atom. The minimum atomic E-state index is -3.74. The third-order valence-electron chi connectivity index (χ3n) is 1.14. The minimum Gasteiger partial charge on any atom is -0.321 e. The predicted molar refractivity (Wildman–Crippen MR) is 37.6 cm³/mol. The SMILES string of the molecule is O=P(O)(O)P1C=CCC1. The van der Waals surface area contributed by atoms with E-state index >= 15 is 0 Å². The summed E-state index contributed by atoms with van der Waals surface area (Å²) in [4.78, 5) is 17.2. The van der Waals surface area contributed by atoms with Gasteiger partial charge in [-0.05, 0) is 12.6 Å². The second kappa shape index (κ2) is 2.51. The van der Waals surface area contributed by atoms with Crippen LogP contribution in [0.2, 0.25) is 0 Å². The molecular weight excluding hydrogens is 158 g/mol. The van der Waals surface area contributed by atoms with E-state index in [1.807, 2.05) is 6.08 Å². The van der Waals surface area contributed by atoms with E-state index < -0.39 is 14.9 Å². The highest BCUT2D eigenvalue weighted by Crippen LogP contribution is 2.72. The molecule has 0 saturated heterocycles. The number of hydrogen-bond donors (Lipinski definition) is 2. The molecule has 0 spiro atoms. The van der Waals surface area contributed by atoms with Gasteiger partial charge in [-0.25, -0.2) is 0 Å². The first-order valence-electron chi connectivity index (χ1n) is 2.60. The molecule has 0 aromatic rings. The van der Waals surface area contributed by atoms with E-state index in [0.717, 1.165) is 6.42 Å². The maximum Gasteiger partial charge on any atom is 0.348 e. The first-order chi connectivity index (χ1) is 4.11. The van der Waals surface area contributed by atoms with Crippen molar-refractivity contribution in [1.82, 2.24) is 0 Å². The Bertz CT molecular complexity index is 171. The molecule has 2 N–H and O–H groups in total. The van der Waals surface area contributed by atoms with Gasteiger partial charge >= 0.3 is 7.28 Å². The van der Waals surface area contributed by atoms with Crippen molar-refractivity contribution in [3.63, 3.8) is 0 Å². The Hall–Kier alpha value is 0.320. The Balaban J connectivity index is 2.64. The van der Waals surface area contributed by atoms with Gasteiger partial charge < -0.3 is 9.79 Å². The Morgan fingerprint density at radius 3 is 2.44 bits per heavy atom. The Morgan fingerprint density at radius 2 is 2.22 bits per heavy atom. The van der Waals surface area contributed by atoms with Crippen molar-refractivity contribution in [3.8, 4) is 0 Å². The minimum absolute atomic E-state index is 0.666. The molecule has 0 saturated carbocycles. The van der Waals surface area contributed by atoms with Crippen molar-refractivity contribution < 1.29 is 14.4 Å². The summed E-state index contributed by atoms with van der Waals surface area (Å²) in [5.74, 6) is 1.66. The van der Waals surface area contributed by atoms with Gasteiger partial charge in [-0.2, -0.15) is 0 Å². The quantitative estimate of drug-likeness (QED) is 0.580. The van der Waals surface area contributed by atoms with Crippen LogP contribution in [0.4, 0.5) is 0 Å². The lowest BCUT2D eigenvalue weighted by Gasteiger charge is -2.08. The van der Waals surface area contributed by atoms with Gasteiger partial charge in [0.05, 0.1) is 0 Å². The number of allylic oxidation sites excluding steroid dienone is 1. The molecule has 0 fully saturated rings. The zero-order valence-electron chi connectivity index (χ0n) is 4.77. The van der Waals surface area contributed by atoms with Crippen LogP contribution in [0, 0.1) is 0 Å². The van der Waals surface area contributed by atoms with Gasteiger partial charge in [0.15, 0.2) is 0 Å². The molecule has 1 heterocycles. The number of hydrogen-bond acceptors (Lipinski definition) is 1. The van der Waals surface area contributed by atoms with Gasteiger partial charge in [0, 0.05) is 7.61 Å². The normalized spacial score (nSPS) is 27.1. The first-order valence-corrected chi connectivity index (χ1v) is 6.51. The summed E-state index contributed by atoms with van der Waals surface area (Å²) in [5, 5.41) is 0. The van der Waals surface area contributed by atoms with E-state index in [-0.39, 0.29) is 0 Å². The van der Waals surface area contributed by atoms with Crippen LogP contribution in [-0.4, -0.2) is 15.9 Å². The maximum absolute atomic E-state index is 10.5. The summed E-state index contributed by atoms with van der Waals surface area (Å²) in [6.45, 7) is 0. The largest absolute Gasteiger partial charge is 0.348 e. The average molecular weight is 166 g/mol. The smallest absolute Gasteiger partial charge is 0.321 e. The second-order valence-corrected chi connectivity index (χ2v) is 7.61. The molecule has 0 aliphatic carbocycles. The monoisotopic (exact) mass is 166 g/mol. The van der Waals surface area contributed by atoms with Crippen molar-refractivity contribution in [1.29, 1.82) is 0 Å². The number of rotatable bonds is 1. The van der Waals surface area contributed by atoms with Crippen LogP contribution in [0.1, 0.15) is 6.42 Å². The van der Waals surface area contributed by atoms with Crippen LogP contribution in [0.3, 0.4) is 0 Å². The second-order valence-electron chi connectivity index (χ2n) is 1.85. The van der Waals surface area contributed by atoms with Gasteiger partial charge in [-0.15, -0.1) is 0 Å². The van der Waals surface area contributed by atoms with Crippen molar-refractivity contribution in [2.75, 3.05) is 6.16 Å². The highest BCUT2D eigenvalue weighted by molar-refractivity contribution is 8.29. The molecule has 0 aromatic carbocycles. The molecule has 0 bridgehead atoms. The van der Waals surface area contributed by atoms with Crippen LogP contribution in [-0.2, 0) is 4.57 Å². The molecule has 0 amide bonds. The lowest BCUT2D eigenvalue weighted by Crippen LogP contribution is -1.75. The molecule has 3 nitrogen and oxygen atoms in total. The van der Waals surface area contributed by atoms with E-state index in [1.54, 1.807) is 5.82 Å². The van der Waals surface area contributed by atoms with Crippen LogP contribution < -0.4 is 0 Å². The predicted octanol–water partition coefficient (Wildman–Crippen LogP) is 1.48. The fourth-order valence-corrected chi connectivity index (χ4v) is 4.02. The lowest BCUT2D eigenvalue weighted by molar-refractivity contribution is 0.395. The van der Waals surface area contributed by atoms with Crippen LogP contribution in [0.25, 0.3) is 0 Å². The molecule has 0 radical (unpaired) electrons. The standard InChI is InChI=1S/C4H8O3P2/c5-9(6,7)8-3-1-2-4-8/h1,3H,2,4H2,(H2,5,6,7). The molecule has 9 heavy (non-hydrogen) atoms. The summed E-state index contributed by atoms with van der Waals surface area (Å²) >= 11 is 0. The third kappa shape index (κ3) is 1.87. The molecule has 1 aliphatic heterocycles. The van der Waals surface area contributed by atoms with Crippen molar-refractivity contribution in [2.24, 2.45) is 0 Å². The van der Waals surface area contributed by atoms with Crippen molar-refractivity contribution in [2.45, 2.75) is 6.42 Å². The van der Waals surface area contributed by atoms with Crippen molar-refractivity contribution in [3.05, 3.63) is 11.9 Å². The maximum atomic E-state index is 10.5. The molecule has 1 unspecified atom stereocenters. The highest BCUT2D eigenvalue weighted by Gasteiger charge is 2.27. The molecule has 52 valence electrons. The highest BCUT2D eigenvalue weighted by atomic mass is 32.1. The molecule has 1 atom stereocenters. The molecular formula is C4H8O3P2. The summed E-state index contributed by atoms with van der Waals surface area (Å²) in [5.41, 5.74) is 0. The van der Waals surface area contributed by atoms with Crippen LogP contribution in [0.5, 0.6) is 0 Å². The summed E-state index contributed by atoms with van der Waals surface area (Å²) in [7, 11) is -4.84. The lowest BCUT2D eigenvalue weighted by atomic mass is 10.5. The third-order valence-corrected chi connectivity index (χ3v) is 6.09. The van der Waals surface area contributed by atoms with Crippen LogP contribution in [0.15, 0.2) is 11.9 Å². The average Bonchev–Trinajstić information content (AvgIpc) is 2.08. The van der Waals surface area contributed by atoms with Gasteiger partial charge in [-0.1, -0.05) is 11.9 Å². The molecule has 1 aliphatic rings. The van der Waals surface area contributed by atoms with E-state index in [1.165, 1.54) is 0 Å². The van der Waals surface area contributed by atoms with Crippen molar-refractivity contribution >= 4 is 14.9 Å². The van der Waals surface area contributed by atoms with E-state index in [9.17, 15) is 4.57 Å². The zero-order valence-corrected chi connectivity index (χ0v) is 6.55. The molecule has 5 heteroatoms. The van der Waals surface area contributed by atoms with E-state index in [4.69, 9.17) is 9.79 Å². The molecule has 0 aromatic heterocycles. The van der Waals surface area contributed by atoms with Crippen LogP contribution >= 0.6 is 14.9 Å². The zero-order chi connectivity index (χ0) is 6.91. The fraction of sp³-hybridized carbons (Fsp3) is 0.500. The summed E-state index contributed by atoms with van der Waals surface area (Å²) in [6, 6.07) is 0. The Kier molecular flexibility index (Phi) is 2.07. The summed E-state index contributed by atoms with van der Waals surface area (Å²) in [6.07, 6.45) is 3.33. The first kappa shape index (κ1) is 7.43. The van der Waals surface area contributed by atoms with Gasteiger partial charge in [0.2, 0.25) is 0 Å².